The summed E-state index contributed by atoms with van der Waals surface area (Å²) in [5.74, 6) is 1.12. The average molecular weight is 321 g/mol. The van der Waals surface area contributed by atoms with Gasteiger partial charge in [0.1, 0.15) is 5.76 Å². The number of likely N-dealkylation sites (tertiary alicyclic amines) is 1. The number of furan rings is 1. The summed E-state index contributed by atoms with van der Waals surface area (Å²) in [7, 11) is 0. The molecule has 0 saturated carbocycles. The van der Waals surface area contributed by atoms with Gasteiger partial charge in [-0.15, -0.1) is 0 Å². The van der Waals surface area contributed by atoms with Crippen LogP contribution in [0.2, 0.25) is 0 Å². The molecule has 122 valence electrons. The first-order valence-electron chi connectivity index (χ1n) is 8.23. The van der Waals surface area contributed by atoms with E-state index in [1.807, 2.05) is 29.2 Å². The Morgan fingerprint density at radius 1 is 1.25 bits per heavy atom. The molecule has 0 N–H and O–H groups in total. The van der Waals surface area contributed by atoms with E-state index in [1.54, 1.807) is 18.4 Å². The van der Waals surface area contributed by atoms with Crippen molar-refractivity contribution in [2.45, 2.75) is 19.4 Å². The fourth-order valence-corrected chi connectivity index (χ4v) is 3.93. The van der Waals surface area contributed by atoms with Gasteiger partial charge in [-0.1, -0.05) is 6.07 Å². The summed E-state index contributed by atoms with van der Waals surface area (Å²) in [5, 5.41) is 9.06. The lowest BCUT2D eigenvalue weighted by Gasteiger charge is -2.24. The van der Waals surface area contributed by atoms with Crippen molar-refractivity contribution in [3.63, 3.8) is 0 Å². The number of nitriles is 1. The van der Waals surface area contributed by atoms with E-state index >= 15 is 0 Å². The number of anilines is 1. The van der Waals surface area contributed by atoms with Gasteiger partial charge in [0.05, 0.1) is 24.4 Å². The zero-order valence-corrected chi connectivity index (χ0v) is 13.4. The Balaban J connectivity index is 1.48. The van der Waals surface area contributed by atoms with E-state index in [-0.39, 0.29) is 11.3 Å². The van der Waals surface area contributed by atoms with Crippen molar-refractivity contribution in [2.75, 3.05) is 24.5 Å². The third kappa shape index (κ3) is 2.70. The largest absolute Gasteiger partial charge is 0.468 e. The second kappa shape index (κ2) is 5.81. The molecular formula is C19H19N3O2. The molecule has 1 atom stereocenters. The summed E-state index contributed by atoms with van der Waals surface area (Å²) >= 11 is 0. The first-order valence-corrected chi connectivity index (χ1v) is 8.23. The molecule has 2 saturated heterocycles. The van der Waals surface area contributed by atoms with Gasteiger partial charge in [-0.2, -0.15) is 5.26 Å². The van der Waals surface area contributed by atoms with E-state index in [9.17, 15) is 4.79 Å². The molecule has 2 aromatic rings. The van der Waals surface area contributed by atoms with Crippen molar-refractivity contribution in [3.8, 4) is 6.07 Å². The lowest BCUT2D eigenvalue weighted by molar-refractivity contribution is -0.117. The van der Waals surface area contributed by atoms with Gasteiger partial charge in [0.2, 0.25) is 5.91 Å². The molecule has 0 bridgehead atoms. The Kier molecular flexibility index (Phi) is 3.62. The van der Waals surface area contributed by atoms with Crippen molar-refractivity contribution in [3.05, 3.63) is 54.0 Å². The standard InChI is InChI=1S/C19H19N3O2/c20-11-15-3-1-4-16(9-15)22-14-19(10-18(22)23)6-7-21(13-19)12-17-5-2-8-24-17/h1-5,8-9H,6-7,10,12-14H2/t19-/m1/s1. The topological polar surface area (TPSA) is 60.5 Å². The molecule has 2 aliphatic heterocycles. The van der Waals surface area contributed by atoms with Crippen LogP contribution >= 0.6 is 0 Å². The molecule has 1 amide bonds. The molecular weight excluding hydrogens is 302 g/mol. The lowest BCUT2D eigenvalue weighted by Crippen LogP contribution is -2.31. The summed E-state index contributed by atoms with van der Waals surface area (Å²) in [6, 6.07) is 13.3. The molecule has 0 aliphatic carbocycles. The Morgan fingerprint density at radius 3 is 2.96 bits per heavy atom. The minimum Gasteiger partial charge on any atom is -0.468 e. The zero-order chi connectivity index (χ0) is 16.6. The summed E-state index contributed by atoms with van der Waals surface area (Å²) in [5.41, 5.74) is 1.44. The fraction of sp³-hybridized carbons (Fsp3) is 0.368. The van der Waals surface area contributed by atoms with Crippen molar-refractivity contribution in [1.29, 1.82) is 5.26 Å². The van der Waals surface area contributed by atoms with E-state index < -0.39 is 0 Å². The van der Waals surface area contributed by atoms with Gasteiger partial charge in [0.25, 0.3) is 0 Å². The van der Waals surface area contributed by atoms with Crippen LogP contribution in [0.25, 0.3) is 0 Å². The van der Waals surface area contributed by atoms with Gasteiger partial charge in [-0.05, 0) is 43.3 Å². The molecule has 5 heteroatoms. The third-order valence-corrected chi connectivity index (χ3v) is 5.08. The number of hydrogen-bond acceptors (Lipinski definition) is 4. The second-order valence-corrected chi connectivity index (χ2v) is 6.86. The quantitative estimate of drug-likeness (QED) is 0.872. The molecule has 0 unspecified atom stereocenters. The highest BCUT2D eigenvalue weighted by molar-refractivity contribution is 5.96. The van der Waals surface area contributed by atoms with Crippen molar-refractivity contribution >= 4 is 11.6 Å². The lowest BCUT2D eigenvalue weighted by atomic mass is 9.86. The number of carbonyl (C=O) groups excluding carboxylic acids is 1. The molecule has 24 heavy (non-hydrogen) atoms. The van der Waals surface area contributed by atoms with E-state index in [0.29, 0.717) is 12.0 Å². The summed E-state index contributed by atoms with van der Waals surface area (Å²) in [6.45, 7) is 3.43. The maximum absolute atomic E-state index is 12.6. The number of nitrogens with zero attached hydrogens (tertiary/aromatic N) is 3. The minimum absolute atomic E-state index is 0.0202. The first-order chi connectivity index (χ1) is 11.7. The Labute approximate surface area is 141 Å². The van der Waals surface area contributed by atoms with Crippen LogP contribution in [0.5, 0.6) is 0 Å². The first kappa shape index (κ1) is 15.0. The molecule has 1 aromatic heterocycles. The summed E-state index contributed by atoms with van der Waals surface area (Å²) in [6.07, 6.45) is 3.30. The monoisotopic (exact) mass is 321 g/mol. The maximum atomic E-state index is 12.6. The van der Waals surface area contributed by atoms with E-state index in [4.69, 9.17) is 9.68 Å². The highest BCUT2D eigenvalue weighted by atomic mass is 16.3. The normalized spacial score (nSPS) is 24.0. The predicted molar refractivity (Wildman–Crippen MR) is 89.2 cm³/mol. The molecule has 1 spiro atoms. The Hall–Kier alpha value is -2.58. The molecule has 3 heterocycles. The van der Waals surface area contributed by atoms with E-state index in [2.05, 4.69) is 11.0 Å². The second-order valence-electron chi connectivity index (χ2n) is 6.86. The highest BCUT2D eigenvalue weighted by Crippen LogP contribution is 2.42. The van der Waals surface area contributed by atoms with E-state index in [0.717, 1.165) is 44.0 Å². The number of amides is 1. The Morgan fingerprint density at radius 2 is 2.17 bits per heavy atom. The number of benzene rings is 1. The fourth-order valence-electron chi connectivity index (χ4n) is 3.93. The number of rotatable bonds is 3. The third-order valence-electron chi connectivity index (χ3n) is 5.08. The average Bonchev–Trinajstić information content (AvgIpc) is 3.30. The van der Waals surface area contributed by atoms with Crippen LogP contribution < -0.4 is 4.90 Å². The van der Waals surface area contributed by atoms with Crippen LogP contribution in [0.15, 0.2) is 47.1 Å². The van der Waals surface area contributed by atoms with Gasteiger partial charge >= 0.3 is 0 Å². The zero-order valence-electron chi connectivity index (χ0n) is 13.4. The minimum atomic E-state index is 0.0202. The van der Waals surface area contributed by atoms with Crippen LogP contribution in [0.4, 0.5) is 5.69 Å². The number of carbonyl (C=O) groups is 1. The van der Waals surface area contributed by atoms with Crippen LogP contribution in [-0.2, 0) is 11.3 Å². The van der Waals surface area contributed by atoms with Gasteiger partial charge in [0, 0.05) is 30.6 Å². The maximum Gasteiger partial charge on any atom is 0.227 e. The number of hydrogen-bond donors (Lipinski definition) is 0. The van der Waals surface area contributed by atoms with Crippen LogP contribution in [0.1, 0.15) is 24.2 Å². The van der Waals surface area contributed by atoms with Crippen LogP contribution in [0.3, 0.4) is 0 Å². The molecule has 2 aliphatic rings. The molecule has 4 rings (SSSR count). The van der Waals surface area contributed by atoms with Gasteiger partial charge in [-0.25, -0.2) is 0 Å². The van der Waals surface area contributed by atoms with E-state index in [1.165, 1.54) is 0 Å². The molecule has 2 fully saturated rings. The van der Waals surface area contributed by atoms with Gasteiger partial charge in [0.15, 0.2) is 0 Å². The molecule has 1 aromatic carbocycles. The Bertz CT molecular complexity index is 793. The predicted octanol–water partition coefficient (Wildman–Crippen LogP) is 2.78. The van der Waals surface area contributed by atoms with Gasteiger partial charge in [-0.3, -0.25) is 9.69 Å². The van der Waals surface area contributed by atoms with Crippen LogP contribution in [-0.4, -0.2) is 30.4 Å². The summed E-state index contributed by atoms with van der Waals surface area (Å²) < 4.78 is 5.43. The van der Waals surface area contributed by atoms with Crippen molar-refractivity contribution < 1.29 is 9.21 Å². The molecule has 5 nitrogen and oxygen atoms in total. The highest BCUT2D eigenvalue weighted by Gasteiger charge is 2.47. The van der Waals surface area contributed by atoms with Gasteiger partial charge < -0.3 is 9.32 Å². The van der Waals surface area contributed by atoms with Crippen LogP contribution in [0, 0.1) is 16.7 Å². The SMILES string of the molecule is N#Cc1cccc(N2C[C@]3(CCN(Cc4ccco4)C3)CC2=O)c1. The smallest absolute Gasteiger partial charge is 0.227 e. The molecule has 0 radical (unpaired) electrons. The van der Waals surface area contributed by atoms with Crippen molar-refractivity contribution in [2.24, 2.45) is 5.41 Å². The summed E-state index contributed by atoms with van der Waals surface area (Å²) in [4.78, 5) is 16.8. The van der Waals surface area contributed by atoms with Crippen molar-refractivity contribution in [1.82, 2.24) is 4.90 Å².